The van der Waals surface area contributed by atoms with E-state index in [9.17, 15) is 4.79 Å². The Balaban J connectivity index is 1.00. The fourth-order valence-corrected chi connectivity index (χ4v) is 21.6. The summed E-state index contributed by atoms with van der Waals surface area (Å²) in [6.45, 7) is 0. The molecule has 1 heterocycles. The lowest BCUT2D eigenvalue weighted by atomic mass is 9.71. The third-order valence-corrected chi connectivity index (χ3v) is 26.2. The first-order chi connectivity index (χ1) is 36.6. The summed E-state index contributed by atoms with van der Waals surface area (Å²) in [5.41, 5.74) is 0. The molecule has 8 aliphatic carbocycles. The maximum atomic E-state index is 14.3. The summed E-state index contributed by atoms with van der Waals surface area (Å²) < 4.78 is 0. The van der Waals surface area contributed by atoms with Crippen LogP contribution in [0.2, 0.25) is 0 Å². The van der Waals surface area contributed by atoms with Gasteiger partial charge in [-0.1, -0.05) is 263 Å². The van der Waals surface area contributed by atoms with Gasteiger partial charge >= 0.3 is 0 Å². The van der Waals surface area contributed by atoms with E-state index in [4.69, 9.17) is 0 Å². The first kappa shape index (κ1) is 58.5. The molecule has 9 rings (SSSR count). The van der Waals surface area contributed by atoms with E-state index in [1.165, 1.54) is 212 Å². The summed E-state index contributed by atoms with van der Waals surface area (Å²) in [5.74, 6) is 14.7. The van der Waals surface area contributed by atoms with Crippen molar-refractivity contribution in [1.29, 1.82) is 0 Å². The summed E-state index contributed by atoms with van der Waals surface area (Å²) in [6, 6.07) is 0.398. The monoisotopic (exact) mass is 1040 g/mol. The van der Waals surface area contributed by atoms with Gasteiger partial charge in [0.15, 0.2) is 0 Å². The van der Waals surface area contributed by atoms with Crippen LogP contribution in [0, 0.1) is 82.9 Å². The van der Waals surface area contributed by atoms with Gasteiger partial charge in [-0.2, -0.15) is 0 Å². The highest BCUT2D eigenvalue weighted by Crippen LogP contribution is 2.48. The lowest BCUT2D eigenvalue weighted by molar-refractivity contribution is -0.119. The lowest BCUT2D eigenvalue weighted by Gasteiger charge is -2.35. The standard InChI is InChI=1S/C71H125NOS/c73-71-54-74-70-41-21-38-64-47-49-66-50-51-68-52-56-43-42-55(22-16-31-58-26-11-5-10-24-57-25-14-7-15-39-69(72-71)40-20-37-60(57)34-19-36-63(58)45-44-56)23-17-32-61(68)35-18-33-59(66)27-12-6-13-28-62(64)46-48-65-29-8-3-1-2-4-9-30-67(65)53-70/h55-70H,1-54H2,(H,72,73). The molecule has 8 saturated carbocycles. The van der Waals surface area contributed by atoms with Gasteiger partial charge in [-0.05, 0) is 160 Å². The van der Waals surface area contributed by atoms with Crippen molar-refractivity contribution in [3.05, 3.63) is 0 Å². The highest BCUT2D eigenvalue weighted by molar-refractivity contribution is 8.00. The molecule has 9 bridgehead atoms. The van der Waals surface area contributed by atoms with Crippen molar-refractivity contribution in [2.24, 2.45) is 82.9 Å². The van der Waals surface area contributed by atoms with Gasteiger partial charge in [-0.3, -0.25) is 4.79 Å². The molecule has 0 radical (unpaired) electrons. The van der Waals surface area contributed by atoms with Crippen molar-refractivity contribution < 1.29 is 4.79 Å². The van der Waals surface area contributed by atoms with E-state index in [2.05, 4.69) is 17.1 Å². The number of carbonyl (C=O) groups excluding carboxylic acids is 1. The smallest absolute Gasteiger partial charge is 0.230 e. The summed E-state index contributed by atoms with van der Waals surface area (Å²) in [6.07, 6.45) is 79.3. The molecule has 1 aliphatic heterocycles. The Morgan fingerprint density at radius 3 is 1.05 bits per heavy atom. The molecule has 1 N–H and O–H groups in total. The predicted octanol–water partition coefficient (Wildman–Crippen LogP) is 22.0. The SMILES string of the molecule is O=C1CSC2CCCC3CCC4CCC5CC6CCC(CCCC7CCCCCC8CCCCCC(CCCC8CCCC7CC6)N1)CCCC5CCCC4CCCCCC3CCC1CCCCCCCCC1C2. The van der Waals surface area contributed by atoms with Gasteiger partial charge in [0.2, 0.25) is 5.91 Å². The van der Waals surface area contributed by atoms with Crippen molar-refractivity contribution in [3.63, 3.8) is 0 Å². The normalized spacial score (nSPS) is 41.9. The minimum Gasteiger partial charge on any atom is -0.353 e. The molecule has 0 spiro atoms. The van der Waals surface area contributed by atoms with Crippen LogP contribution in [0.4, 0.5) is 0 Å². The van der Waals surface area contributed by atoms with E-state index < -0.39 is 0 Å². The highest BCUT2D eigenvalue weighted by atomic mass is 32.2. The zero-order valence-electron chi connectivity index (χ0n) is 49.2. The highest BCUT2D eigenvalue weighted by Gasteiger charge is 2.36. The zero-order valence-corrected chi connectivity index (χ0v) is 50.1. The van der Waals surface area contributed by atoms with E-state index >= 15 is 0 Å². The third-order valence-electron chi connectivity index (χ3n) is 24.9. The van der Waals surface area contributed by atoms with E-state index in [1.807, 2.05) is 0 Å². The molecule has 2 nitrogen and oxygen atoms in total. The molecule has 16 unspecified atom stereocenters. The number of thioether (sulfide) groups is 1. The Bertz CT molecular complexity index is 1510. The molecule has 0 aromatic heterocycles. The van der Waals surface area contributed by atoms with Crippen molar-refractivity contribution in [2.45, 2.75) is 352 Å². The quantitative estimate of drug-likeness (QED) is 0.262. The first-order valence-electron chi connectivity index (χ1n) is 35.5. The molecule has 16 atom stereocenters. The number of carbonyl (C=O) groups is 1. The number of fused-ring (bicyclic) bond motifs is 14. The van der Waals surface area contributed by atoms with E-state index in [0.29, 0.717) is 23.0 Å². The molecule has 9 fully saturated rings. The van der Waals surface area contributed by atoms with Gasteiger partial charge in [0.25, 0.3) is 0 Å². The summed E-state index contributed by atoms with van der Waals surface area (Å²) in [5, 5.41) is 4.46. The van der Waals surface area contributed by atoms with Gasteiger partial charge < -0.3 is 5.32 Å². The van der Waals surface area contributed by atoms with Crippen LogP contribution in [-0.2, 0) is 4.79 Å². The fraction of sp³-hybridized carbons (Fsp3) is 0.986. The van der Waals surface area contributed by atoms with Crippen LogP contribution in [-0.4, -0.2) is 23.0 Å². The number of rotatable bonds is 0. The predicted molar refractivity (Wildman–Crippen MR) is 322 cm³/mol. The summed E-state index contributed by atoms with van der Waals surface area (Å²) >= 11 is 2.14. The van der Waals surface area contributed by atoms with Crippen molar-refractivity contribution >= 4 is 17.7 Å². The molecular formula is C71H125NOS. The summed E-state index contributed by atoms with van der Waals surface area (Å²) in [7, 11) is 0. The van der Waals surface area contributed by atoms with Gasteiger partial charge in [0, 0.05) is 11.3 Å². The molecule has 9 aliphatic rings. The van der Waals surface area contributed by atoms with E-state index in [0.717, 1.165) is 82.9 Å². The summed E-state index contributed by atoms with van der Waals surface area (Å²) in [4.78, 5) is 14.3. The maximum absolute atomic E-state index is 14.3. The number of hydrogen-bond acceptors (Lipinski definition) is 2. The van der Waals surface area contributed by atoms with Crippen molar-refractivity contribution in [2.75, 3.05) is 5.75 Å². The third kappa shape index (κ3) is 19.2. The second-order valence-electron chi connectivity index (χ2n) is 29.6. The zero-order chi connectivity index (χ0) is 50.4. The Morgan fingerprint density at radius 2 is 0.527 bits per heavy atom. The number of nitrogens with one attached hydrogen (secondary N) is 1. The average molecular weight is 1040 g/mol. The molecule has 1 saturated heterocycles. The first-order valence-corrected chi connectivity index (χ1v) is 36.5. The maximum Gasteiger partial charge on any atom is 0.230 e. The van der Waals surface area contributed by atoms with Crippen LogP contribution >= 0.6 is 11.8 Å². The molecule has 74 heavy (non-hydrogen) atoms. The van der Waals surface area contributed by atoms with E-state index in [1.54, 1.807) is 128 Å². The molecule has 426 valence electrons. The molecular weight excluding hydrogens is 915 g/mol. The van der Waals surface area contributed by atoms with Crippen LogP contribution in [0.3, 0.4) is 0 Å². The number of hydrogen-bond donors (Lipinski definition) is 1. The second kappa shape index (κ2) is 32.9. The van der Waals surface area contributed by atoms with E-state index in [-0.39, 0.29) is 0 Å². The van der Waals surface area contributed by atoms with Crippen LogP contribution in [0.25, 0.3) is 0 Å². The van der Waals surface area contributed by atoms with Crippen LogP contribution < -0.4 is 5.32 Å². The Labute approximate surface area is 465 Å². The average Bonchev–Trinajstić information content (AvgIpc) is 3.44. The Hall–Kier alpha value is -0.180. The van der Waals surface area contributed by atoms with Crippen molar-refractivity contribution in [1.82, 2.24) is 5.32 Å². The van der Waals surface area contributed by atoms with Gasteiger partial charge in [0.05, 0.1) is 5.75 Å². The largest absolute Gasteiger partial charge is 0.353 e. The van der Waals surface area contributed by atoms with Crippen molar-refractivity contribution in [3.8, 4) is 0 Å². The molecule has 0 aromatic rings. The molecule has 1 amide bonds. The number of amides is 1. The Kier molecular flexibility index (Phi) is 26.0. The molecule has 0 aromatic carbocycles. The van der Waals surface area contributed by atoms with Crippen LogP contribution in [0.1, 0.15) is 340 Å². The van der Waals surface area contributed by atoms with Gasteiger partial charge in [-0.15, -0.1) is 11.8 Å². The second-order valence-corrected chi connectivity index (χ2v) is 30.9. The van der Waals surface area contributed by atoms with Crippen LogP contribution in [0.5, 0.6) is 0 Å². The topological polar surface area (TPSA) is 29.1 Å². The van der Waals surface area contributed by atoms with Gasteiger partial charge in [0.1, 0.15) is 0 Å². The lowest BCUT2D eigenvalue weighted by Crippen LogP contribution is -2.36. The minimum absolute atomic E-state index is 0.389. The molecule has 3 heteroatoms. The van der Waals surface area contributed by atoms with Crippen LogP contribution in [0.15, 0.2) is 0 Å². The fourth-order valence-electron chi connectivity index (χ4n) is 20.4. The van der Waals surface area contributed by atoms with Gasteiger partial charge in [-0.25, -0.2) is 0 Å². The Morgan fingerprint density at radius 1 is 0.243 bits per heavy atom. The minimum atomic E-state index is 0.389.